The van der Waals surface area contributed by atoms with E-state index in [1.807, 2.05) is 24.3 Å². The Hall–Kier alpha value is -1.11. The molecular formula is C30H44O4Sn. The maximum absolute atomic E-state index is 11.0. The number of carbonyl (C=O) groups excluding carboxylic acids is 1. The van der Waals surface area contributed by atoms with Crippen molar-refractivity contribution in [1.29, 1.82) is 0 Å². The van der Waals surface area contributed by atoms with Crippen molar-refractivity contribution in [2.24, 2.45) is 0 Å². The quantitative estimate of drug-likeness (QED) is 0.167. The fraction of sp³-hybridized carbons (Fsp3) is 0.633. The van der Waals surface area contributed by atoms with Gasteiger partial charge in [-0.25, -0.2) is 4.79 Å². The Balaban J connectivity index is 0.000000168. The first-order chi connectivity index (χ1) is 17.1. The monoisotopic (exact) mass is 588 g/mol. The third-order valence-electron chi connectivity index (χ3n) is 8.75. The summed E-state index contributed by atoms with van der Waals surface area (Å²) in [4.78, 5) is 11.0. The fourth-order valence-corrected chi connectivity index (χ4v) is 24.4. The van der Waals surface area contributed by atoms with E-state index >= 15 is 0 Å². The van der Waals surface area contributed by atoms with Gasteiger partial charge in [0.15, 0.2) is 0 Å². The van der Waals surface area contributed by atoms with Gasteiger partial charge in [0.25, 0.3) is 6.29 Å². The van der Waals surface area contributed by atoms with Gasteiger partial charge >= 0.3 is 134 Å². The fourth-order valence-electron chi connectivity index (χ4n) is 7.16. The zero-order valence-corrected chi connectivity index (χ0v) is 24.5. The first-order valence-electron chi connectivity index (χ1n) is 14.2. The van der Waals surface area contributed by atoms with E-state index in [1.165, 1.54) is 11.8 Å². The van der Waals surface area contributed by atoms with Gasteiger partial charge in [-0.05, 0) is 11.5 Å². The molecule has 0 bridgehead atoms. The number of fused-ring (bicyclic) bond motifs is 1. The molecular weight excluding hydrogens is 543 g/mol. The molecule has 192 valence electrons. The van der Waals surface area contributed by atoms with Crippen molar-refractivity contribution in [3.63, 3.8) is 0 Å². The van der Waals surface area contributed by atoms with Crippen LogP contribution in [0.15, 0.2) is 42.5 Å². The zero-order chi connectivity index (χ0) is 24.5. The van der Waals surface area contributed by atoms with Crippen molar-refractivity contribution < 1.29 is 19.7 Å². The summed E-state index contributed by atoms with van der Waals surface area (Å²) in [5.74, 6) is -0.771. The van der Waals surface area contributed by atoms with Crippen molar-refractivity contribution in [2.75, 3.05) is 0 Å². The number of esters is 1. The van der Waals surface area contributed by atoms with Gasteiger partial charge in [0, 0.05) is 5.39 Å². The number of hydrogen-bond donors (Lipinski definition) is 2. The number of carbonyl (C=O) groups is 1. The summed E-state index contributed by atoms with van der Waals surface area (Å²) < 4.78 is 8.86. The summed E-state index contributed by atoms with van der Waals surface area (Å²) in [6.07, 6.45) is 22.2. The molecule has 35 heavy (non-hydrogen) atoms. The average Bonchev–Trinajstić information content (AvgIpc) is 2.91. The van der Waals surface area contributed by atoms with Crippen LogP contribution in [0.25, 0.3) is 10.8 Å². The standard InChI is InChI=1S/C12H10O4.3C6H11.Sn.H/c13-11(14)12(15)16-10-7-3-5-8-4-1-2-6-9(8)10;3*1-2-4-6-5-3-1;;/h1-7,11,13-14H;3*1H,2-6H2;;. The first-order valence-corrected chi connectivity index (χ1v) is 19.9. The predicted octanol–water partition coefficient (Wildman–Crippen LogP) is 7.27. The molecule has 2 N–H and O–H groups in total. The molecule has 0 atom stereocenters. The molecule has 5 rings (SSSR count). The Morgan fingerprint density at radius 3 is 1.63 bits per heavy atom. The van der Waals surface area contributed by atoms with Crippen LogP contribution in [-0.2, 0) is 4.79 Å². The van der Waals surface area contributed by atoms with E-state index in [9.17, 15) is 4.79 Å². The summed E-state index contributed by atoms with van der Waals surface area (Å²) in [7, 11) is 0. The van der Waals surface area contributed by atoms with Crippen LogP contribution in [0.2, 0.25) is 11.8 Å². The normalized spacial score (nSPS) is 20.6. The predicted molar refractivity (Wildman–Crippen MR) is 145 cm³/mol. The van der Waals surface area contributed by atoms with Crippen LogP contribution in [0.5, 0.6) is 5.75 Å². The van der Waals surface area contributed by atoms with Crippen molar-refractivity contribution in [3.8, 4) is 5.75 Å². The van der Waals surface area contributed by atoms with E-state index in [0.29, 0.717) is 5.75 Å². The molecule has 3 fully saturated rings. The van der Waals surface area contributed by atoms with Gasteiger partial charge in [0.2, 0.25) is 0 Å². The van der Waals surface area contributed by atoms with E-state index < -0.39 is 32.0 Å². The molecule has 4 nitrogen and oxygen atoms in total. The van der Waals surface area contributed by atoms with Crippen molar-refractivity contribution in [3.05, 3.63) is 42.5 Å². The molecule has 0 unspecified atom stereocenters. The minimum atomic E-state index is -2.11. The topological polar surface area (TPSA) is 66.8 Å². The van der Waals surface area contributed by atoms with E-state index in [2.05, 4.69) is 0 Å². The number of rotatable bonds is 5. The van der Waals surface area contributed by atoms with Gasteiger partial charge in [0.1, 0.15) is 5.75 Å². The number of aliphatic hydroxyl groups is 2. The molecule has 3 aliphatic rings. The Bertz CT molecular complexity index is 863. The number of benzene rings is 2. The maximum atomic E-state index is 11.0. The minimum absolute atomic E-state index is 0.316. The second-order valence-electron chi connectivity index (χ2n) is 11.0. The molecule has 0 spiro atoms. The SMILES string of the molecule is C1CC[CH]([SnH]([CH]2CCCCC2)[CH]2CCCCC2)CC1.O=C(Oc1cccc2ccccc12)C(O)O. The van der Waals surface area contributed by atoms with Crippen molar-refractivity contribution >= 4 is 36.5 Å². The minimum Gasteiger partial charge on any atom is -0.422 e. The largest absolute Gasteiger partial charge is 0.422 e. The maximum Gasteiger partial charge on any atom is 0.368 e. The van der Waals surface area contributed by atoms with Crippen LogP contribution in [0.4, 0.5) is 0 Å². The van der Waals surface area contributed by atoms with Crippen molar-refractivity contribution in [1.82, 2.24) is 0 Å². The second-order valence-corrected chi connectivity index (χ2v) is 22.4. The van der Waals surface area contributed by atoms with E-state index in [4.69, 9.17) is 14.9 Å². The molecule has 2 aromatic rings. The molecule has 0 aliphatic heterocycles. The molecule has 5 heteroatoms. The summed E-state index contributed by atoms with van der Waals surface area (Å²) >= 11 is -1.31. The molecule has 0 radical (unpaired) electrons. The zero-order valence-electron chi connectivity index (χ0n) is 21.2. The third-order valence-corrected chi connectivity index (χ3v) is 23.8. The van der Waals surface area contributed by atoms with Gasteiger partial charge in [-0.15, -0.1) is 0 Å². The number of aliphatic hydroxyl groups excluding tert-OH is 1. The molecule has 0 aromatic heterocycles. The van der Waals surface area contributed by atoms with Gasteiger partial charge in [0.05, 0.1) is 0 Å². The summed E-state index contributed by atoms with van der Waals surface area (Å²) in [5.41, 5.74) is 0. The Morgan fingerprint density at radius 2 is 1.14 bits per heavy atom. The van der Waals surface area contributed by atoms with Gasteiger partial charge in [-0.2, -0.15) is 0 Å². The molecule has 3 saturated carbocycles. The van der Waals surface area contributed by atoms with Gasteiger partial charge in [-0.1, -0.05) is 36.4 Å². The van der Waals surface area contributed by atoms with E-state index in [1.54, 1.807) is 115 Å². The second kappa shape index (κ2) is 14.0. The molecule has 0 saturated heterocycles. The molecule has 2 aromatic carbocycles. The third kappa shape index (κ3) is 7.69. The van der Waals surface area contributed by atoms with E-state index in [-0.39, 0.29) is 0 Å². The number of ether oxygens (including phenoxy) is 1. The summed E-state index contributed by atoms with van der Waals surface area (Å²) in [5, 5.41) is 18.9. The molecule has 0 heterocycles. The summed E-state index contributed by atoms with van der Waals surface area (Å²) in [6, 6.07) is 12.6. The van der Waals surface area contributed by atoms with Crippen LogP contribution >= 0.6 is 0 Å². The number of hydrogen-bond acceptors (Lipinski definition) is 4. The van der Waals surface area contributed by atoms with Crippen LogP contribution in [0, 0.1) is 0 Å². The smallest absolute Gasteiger partial charge is 0.368 e. The average molecular weight is 587 g/mol. The van der Waals surface area contributed by atoms with Crippen LogP contribution < -0.4 is 4.74 Å². The molecule has 0 amide bonds. The van der Waals surface area contributed by atoms with Gasteiger partial charge in [-0.3, -0.25) is 0 Å². The summed E-state index contributed by atoms with van der Waals surface area (Å²) in [6.45, 7) is 0. The Kier molecular flexibility index (Phi) is 10.8. The van der Waals surface area contributed by atoms with Crippen molar-refractivity contribution in [2.45, 2.75) is 114 Å². The Labute approximate surface area is 218 Å². The first kappa shape index (κ1) is 26.9. The van der Waals surface area contributed by atoms with E-state index in [0.717, 1.165) is 10.8 Å². The molecule has 3 aliphatic carbocycles. The Morgan fingerprint density at radius 1 is 0.686 bits per heavy atom. The van der Waals surface area contributed by atoms with Crippen LogP contribution in [-0.4, -0.2) is 42.2 Å². The van der Waals surface area contributed by atoms with Crippen LogP contribution in [0.1, 0.15) is 96.3 Å². The van der Waals surface area contributed by atoms with Gasteiger partial charge < -0.3 is 14.9 Å². The van der Waals surface area contributed by atoms with Crippen LogP contribution in [0.3, 0.4) is 0 Å².